The molecule has 1 unspecified atom stereocenters. The Balaban J connectivity index is 1.31. The van der Waals surface area contributed by atoms with Gasteiger partial charge in [-0.1, -0.05) is 60.2 Å². The van der Waals surface area contributed by atoms with E-state index in [4.69, 9.17) is 4.74 Å². The number of carbonyl (C=O) groups excluding carboxylic acids is 2. The van der Waals surface area contributed by atoms with E-state index in [9.17, 15) is 9.59 Å². The van der Waals surface area contributed by atoms with Gasteiger partial charge in [0.15, 0.2) is 5.13 Å². The molecule has 0 saturated carbocycles. The second-order valence-electron chi connectivity index (χ2n) is 8.13. The second-order valence-corrected chi connectivity index (χ2v) is 9.24. The number of rotatable bonds is 5. The smallest absolute Gasteiger partial charge is 0.339 e. The molecule has 1 atom stereocenters. The van der Waals surface area contributed by atoms with E-state index in [1.807, 2.05) is 49.4 Å². The average molecular weight is 455 g/mol. The van der Waals surface area contributed by atoms with Crippen molar-refractivity contribution in [1.29, 1.82) is 0 Å². The molecular weight excluding hydrogens is 432 g/mol. The van der Waals surface area contributed by atoms with Gasteiger partial charge in [-0.05, 0) is 41.8 Å². The van der Waals surface area contributed by atoms with E-state index in [2.05, 4.69) is 22.4 Å². The number of nitrogens with zero attached hydrogens (tertiary/aromatic N) is 1. The molecule has 5 rings (SSSR count). The monoisotopic (exact) mass is 454 g/mol. The number of cyclic esters (lactones) is 1. The molecule has 4 aromatic rings. The lowest BCUT2D eigenvalue weighted by Gasteiger charge is -2.25. The van der Waals surface area contributed by atoms with Crippen molar-refractivity contribution < 1.29 is 14.3 Å². The molecule has 0 spiro atoms. The molecule has 2 heterocycles. The van der Waals surface area contributed by atoms with Crippen LogP contribution < -0.4 is 5.32 Å². The molecule has 1 aliphatic rings. The number of hydrogen-bond acceptors (Lipinski definition) is 5. The van der Waals surface area contributed by atoms with Crippen molar-refractivity contribution in [2.45, 2.75) is 25.9 Å². The van der Waals surface area contributed by atoms with E-state index in [-0.39, 0.29) is 18.0 Å². The maximum Gasteiger partial charge on any atom is 0.339 e. The number of benzene rings is 3. The first-order chi connectivity index (χ1) is 16.0. The van der Waals surface area contributed by atoms with Gasteiger partial charge in [-0.3, -0.25) is 10.1 Å². The first-order valence-corrected chi connectivity index (χ1v) is 11.6. The van der Waals surface area contributed by atoms with Crippen molar-refractivity contribution in [3.63, 3.8) is 0 Å². The summed E-state index contributed by atoms with van der Waals surface area (Å²) in [6.07, 6.45) is 2.74. The standard InChI is InChI=1S/C27H22N2O3S/c1-17-7-9-19(10-8-17)24-15-21-14-20(11-12-23(21)26(31)32-24)25(30)29-27-28-16-22(33-27)13-18-5-3-2-4-6-18/h2-12,14,16,24H,13,15H2,1H3,(H,28,29,30). The minimum atomic E-state index is -0.362. The number of nitrogens with one attached hydrogen (secondary N) is 1. The van der Waals surface area contributed by atoms with Gasteiger partial charge < -0.3 is 4.74 Å². The number of amides is 1. The van der Waals surface area contributed by atoms with E-state index in [0.29, 0.717) is 22.7 Å². The molecule has 6 heteroatoms. The molecule has 33 heavy (non-hydrogen) atoms. The fourth-order valence-corrected chi connectivity index (χ4v) is 4.76. The Hall–Kier alpha value is -3.77. The Kier molecular flexibility index (Phi) is 5.75. The molecule has 164 valence electrons. The van der Waals surface area contributed by atoms with Crippen molar-refractivity contribution in [2.75, 3.05) is 5.32 Å². The molecule has 1 N–H and O–H groups in total. The molecule has 0 fully saturated rings. The topological polar surface area (TPSA) is 68.3 Å². The number of aryl methyl sites for hydroxylation is 1. The van der Waals surface area contributed by atoms with Gasteiger partial charge in [0.1, 0.15) is 6.10 Å². The van der Waals surface area contributed by atoms with Gasteiger partial charge >= 0.3 is 5.97 Å². The highest BCUT2D eigenvalue weighted by Crippen LogP contribution is 2.31. The van der Waals surface area contributed by atoms with E-state index in [1.54, 1.807) is 24.4 Å². The quantitative estimate of drug-likeness (QED) is 0.390. The van der Waals surface area contributed by atoms with Gasteiger partial charge in [-0.2, -0.15) is 0 Å². The highest BCUT2D eigenvalue weighted by molar-refractivity contribution is 7.15. The maximum atomic E-state index is 12.9. The van der Waals surface area contributed by atoms with Crippen LogP contribution in [0.25, 0.3) is 0 Å². The van der Waals surface area contributed by atoms with Crippen LogP contribution in [-0.4, -0.2) is 16.9 Å². The second kappa shape index (κ2) is 9.00. The summed E-state index contributed by atoms with van der Waals surface area (Å²) in [6.45, 7) is 2.02. The van der Waals surface area contributed by atoms with Crippen LogP contribution in [0.5, 0.6) is 0 Å². The fraction of sp³-hybridized carbons (Fsp3) is 0.148. The van der Waals surface area contributed by atoms with E-state index >= 15 is 0 Å². The highest BCUT2D eigenvalue weighted by Gasteiger charge is 2.28. The fourth-order valence-electron chi connectivity index (χ4n) is 3.92. The number of ether oxygens (including phenoxy) is 1. The van der Waals surface area contributed by atoms with Crippen molar-refractivity contribution in [3.8, 4) is 0 Å². The Bertz CT molecular complexity index is 1310. The van der Waals surface area contributed by atoms with Crippen LogP contribution in [0.15, 0.2) is 79.0 Å². The van der Waals surface area contributed by atoms with Gasteiger partial charge in [-0.25, -0.2) is 9.78 Å². The van der Waals surface area contributed by atoms with Crippen LogP contribution in [0, 0.1) is 6.92 Å². The molecule has 1 aromatic heterocycles. The number of thiazole rings is 1. The number of esters is 1. The SMILES string of the molecule is Cc1ccc(C2Cc3cc(C(=O)Nc4ncc(Cc5ccccc5)s4)ccc3C(=O)O2)cc1. The number of hydrogen-bond donors (Lipinski definition) is 1. The summed E-state index contributed by atoms with van der Waals surface area (Å²) in [7, 11) is 0. The lowest BCUT2D eigenvalue weighted by molar-refractivity contribution is 0.0252. The van der Waals surface area contributed by atoms with E-state index < -0.39 is 0 Å². The summed E-state index contributed by atoms with van der Waals surface area (Å²) in [4.78, 5) is 30.8. The summed E-state index contributed by atoms with van der Waals surface area (Å²) in [5.74, 6) is -0.608. The van der Waals surface area contributed by atoms with Crippen LogP contribution in [0.3, 0.4) is 0 Å². The van der Waals surface area contributed by atoms with Gasteiger partial charge in [0, 0.05) is 29.5 Å². The highest BCUT2D eigenvalue weighted by atomic mass is 32.1. The van der Waals surface area contributed by atoms with Crippen molar-refractivity contribution >= 4 is 28.3 Å². The van der Waals surface area contributed by atoms with Crippen LogP contribution in [-0.2, 0) is 17.6 Å². The van der Waals surface area contributed by atoms with Crippen LogP contribution in [0.1, 0.15) is 54.0 Å². The zero-order valence-corrected chi connectivity index (χ0v) is 18.9. The summed E-state index contributed by atoms with van der Waals surface area (Å²) >= 11 is 1.46. The molecule has 0 radical (unpaired) electrons. The van der Waals surface area contributed by atoms with Crippen molar-refractivity contribution in [1.82, 2.24) is 4.98 Å². The van der Waals surface area contributed by atoms with Crippen LogP contribution in [0.4, 0.5) is 5.13 Å². The Labute approximate surface area is 196 Å². The zero-order valence-electron chi connectivity index (χ0n) is 18.1. The average Bonchev–Trinajstić information content (AvgIpc) is 3.26. The lowest BCUT2D eigenvalue weighted by atomic mass is 9.93. The number of anilines is 1. The third-order valence-corrected chi connectivity index (χ3v) is 6.60. The predicted octanol–water partition coefficient (Wildman–Crippen LogP) is 5.75. The molecule has 1 aliphatic heterocycles. The molecule has 5 nitrogen and oxygen atoms in total. The number of fused-ring (bicyclic) bond motifs is 1. The van der Waals surface area contributed by atoms with Crippen LogP contribution >= 0.6 is 11.3 Å². The molecule has 0 aliphatic carbocycles. The molecule has 0 saturated heterocycles. The Morgan fingerprint density at radius 2 is 1.88 bits per heavy atom. The predicted molar refractivity (Wildman–Crippen MR) is 129 cm³/mol. The van der Waals surface area contributed by atoms with Crippen molar-refractivity contribution in [3.05, 3.63) is 117 Å². The van der Waals surface area contributed by atoms with Gasteiger partial charge in [0.05, 0.1) is 5.56 Å². The van der Waals surface area contributed by atoms with E-state index in [1.165, 1.54) is 16.9 Å². The van der Waals surface area contributed by atoms with Gasteiger partial charge in [-0.15, -0.1) is 11.3 Å². The number of aromatic nitrogens is 1. The summed E-state index contributed by atoms with van der Waals surface area (Å²) in [6, 6.07) is 23.2. The third kappa shape index (κ3) is 4.71. The van der Waals surface area contributed by atoms with Gasteiger partial charge in [0.25, 0.3) is 5.91 Å². The molecule has 0 bridgehead atoms. The third-order valence-electron chi connectivity index (χ3n) is 5.69. The van der Waals surface area contributed by atoms with Crippen LogP contribution in [0.2, 0.25) is 0 Å². The zero-order chi connectivity index (χ0) is 22.8. The lowest BCUT2D eigenvalue weighted by Crippen LogP contribution is -2.23. The molecular formula is C27H22N2O3S. The molecule has 3 aromatic carbocycles. The largest absolute Gasteiger partial charge is 0.454 e. The summed E-state index contributed by atoms with van der Waals surface area (Å²) in [5.41, 5.74) is 5.11. The van der Waals surface area contributed by atoms with E-state index in [0.717, 1.165) is 28.0 Å². The minimum Gasteiger partial charge on any atom is -0.454 e. The number of carbonyl (C=O) groups is 2. The van der Waals surface area contributed by atoms with Gasteiger partial charge in [0.2, 0.25) is 0 Å². The first kappa shape index (κ1) is 21.1. The normalized spacial score (nSPS) is 14.9. The minimum absolute atomic E-state index is 0.246. The maximum absolute atomic E-state index is 12.9. The van der Waals surface area contributed by atoms with Crippen molar-refractivity contribution in [2.24, 2.45) is 0 Å². The summed E-state index contributed by atoms with van der Waals surface area (Å²) in [5, 5.41) is 3.44. The Morgan fingerprint density at radius 1 is 1.09 bits per heavy atom. The first-order valence-electron chi connectivity index (χ1n) is 10.8. The molecule has 1 amide bonds. The Morgan fingerprint density at radius 3 is 2.67 bits per heavy atom. The summed E-state index contributed by atoms with van der Waals surface area (Å²) < 4.78 is 5.64.